The lowest BCUT2D eigenvalue weighted by atomic mass is 9.84. The van der Waals surface area contributed by atoms with Crippen molar-refractivity contribution in [2.45, 2.75) is 18.6 Å². The summed E-state index contributed by atoms with van der Waals surface area (Å²) in [5.41, 5.74) is 4.39. The first-order valence-electron chi connectivity index (χ1n) is 11.1. The fraction of sp³-hybridized carbons (Fsp3) is 0.400. The highest BCUT2D eigenvalue weighted by Gasteiger charge is 2.47. The topological polar surface area (TPSA) is 86.4 Å². The molecule has 7 nitrogen and oxygen atoms in total. The van der Waals surface area contributed by atoms with Crippen molar-refractivity contribution < 1.29 is 19.2 Å². The van der Waals surface area contributed by atoms with Crippen molar-refractivity contribution in [1.82, 2.24) is 13.6 Å². The second-order valence-electron chi connectivity index (χ2n) is 8.60. The Balaban J connectivity index is 0.00000259. The Morgan fingerprint density at radius 1 is 1.00 bits per heavy atom. The Morgan fingerprint density at radius 3 is 2.33 bits per heavy atom. The molecule has 0 bridgehead atoms. The van der Waals surface area contributed by atoms with Gasteiger partial charge in [-0.15, -0.1) is 0 Å². The van der Waals surface area contributed by atoms with Crippen LogP contribution in [0, 0.1) is 5.92 Å². The molecule has 176 valence electrons. The predicted octanol–water partition coefficient (Wildman–Crippen LogP) is 3.13. The smallest absolute Gasteiger partial charge is 0.197 e. The number of hydrogen-bond donors (Lipinski definition) is 0. The van der Waals surface area contributed by atoms with Gasteiger partial charge in [0.15, 0.2) is 17.0 Å². The van der Waals surface area contributed by atoms with Crippen LogP contribution in [0.3, 0.4) is 0 Å². The molecule has 8 heteroatoms. The molecule has 2 fully saturated rings. The standard InChI is InChI=1S/C25H29N3O3S.H2O/c1-27(2)32(29)28-14-11-23(12-15-28)25(30-16-17-31-25)22-8-5-19(6-9-22)20-7-10-24-21(18-20)4-3-13-26-24;/h3-10,13,18,23H,11-12,14-17H2,1-2H3;1H2. The number of hydrogen-bond acceptors (Lipinski definition) is 4. The largest absolute Gasteiger partial charge is 0.412 e. The fourth-order valence-corrected chi connectivity index (χ4v) is 5.82. The minimum atomic E-state index is -1.09. The number of aromatic nitrogens is 1. The monoisotopic (exact) mass is 469 g/mol. The molecule has 5 rings (SSSR count). The van der Waals surface area contributed by atoms with Crippen LogP contribution < -0.4 is 0 Å². The highest BCUT2D eigenvalue weighted by atomic mass is 32.2. The molecule has 2 N–H and O–H groups in total. The first-order chi connectivity index (χ1) is 15.6. The Labute approximate surface area is 197 Å². The molecule has 2 aliphatic heterocycles. The number of fused-ring (bicyclic) bond motifs is 1. The van der Waals surface area contributed by atoms with Crippen molar-refractivity contribution in [2.24, 2.45) is 5.92 Å². The maximum Gasteiger partial charge on any atom is 0.197 e. The Morgan fingerprint density at radius 2 is 1.67 bits per heavy atom. The zero-order valence-corrected chi connectivity index (χ0v) is 19.9. The summed E-state index contributed by atoms with van der Waals surface area (Å²) in [6.45, 7) is 2.74. The van der Waals surface area contributed by atoms with Gasteiger partial charge in [0.25, 0.3) is 0 Å². The van der Waals surface area contributed by atoms with Crippen LogP contribution in [-0.4, -0.2) is 63.7 Å². The minimum Gasteiger partial charge on any atom is -0.412 e. The van der Waals surface area contributed by atoms with Crippen molar-refractivity contribution >= 4 is 22.1 Å². The van der Waals surface area contributed by atoms with Crippen LogP contribution in [0.1, 0.15) is 18.4 Å². The summed E-state index contributed by atoms with van der Waals surface area (Å²) >= 11 is -1.09. The average molecular weight is 470 g/mol. The Kier molecular flexibility index (Phi) is 7.23. The minimum absolute atomic E-state index is 0. The van der Waals surface area contributed by atoms with E-state index in [0.29, 0.717) is 13.2 Å². The van der Waals surface area contributed by atoms with Crippen LogP contribution in [0.25, 0.3) is 22.0 Å². The molecule has 1 unspecified atom stereocenters. The van der Waals surface area contributed by atoms with Crippen LogP contribution >= 0.6 is 0 Å². The number of pyridine rings is 1. The number of benzene rings is 2. The molecular weight excluding hydrogens is 438 g/mol. The predicted molar refractivity (Wildman–Crippen MR) is 131 cm³/mol. The van der Waals surface area contributed by atoms with Gasteiger partial charge in [0.05, 0.1) is 18.7 Å². The van der Waals surface area contributed by atoms with Gasteiger partial charge in [0, 0.05) is 50.2 Å². The zero-order chi connectivity index (χ0) is 22.1. The van der Waals surface area contributed by atoms with E-state index in [9.17, 15) is 4.21 Å². The van der Waals surface area contributed by atoms with Crippen molar-refractivity contribution in [2.75, 3.05) is 40.4 Å². The molecule has 1 atom stereocenters. The molecule has 0 radical (unpaired) electrons. The van der Waals surface area contributed by atoms with Crippen LogP contribution in [0.4, 0.5) is 0 Å². The van der Waals surface area contributed by atoms with Gasteiger partial charge in [0.1, 0.15) is 0 Å². The summed E-state index contributed by atoms with van der Waals surface area (Å²) in [6, 6.07) is 19.0. The first kappa shape index (κ1) is 23.9. The van der Waals surface area contributed by atoms with Gasteiger partial charge >= 0.3 is 0 Å². The van der Waals surface area contributed by atoms with Crippen LogP contribution in [-0.2, 0) is 26.4 Å². The Bertz CT molecular complexity index is 1110. The fourth-order valence-electron chi connectivity index (χ4n) is 4.84. The molecule has 0 spiro atoms. The summed E-state index contributed by atoms with van der Waals surface area (Å²) < 4.78 is 28.8. The molecule has 0 saturated carbocycles. The molecule has 0 aliphatic carbocycles. The number of ether oxygens (including phenoxy) is 2. The van der Waals surface area contributed by atoms with E-state index in [1.807, 2.05) is 30.7 Å². The van der Waals surface area contributed by atoms with Gasteiger partial charge in [-0.25, -0.2) is 12.8 Å². The van der Waals surface area contributed by atoms with E-state index in [-0.39, 0.29) is 11.4 Å². The second-order valence-corrected chi connectivity index (χ2v) is 10.3. The van der Waals surface area contributed by atoms with Gasteiger partial charge < -0.3 is 14.9 Å². The molecular formula is C25H31N3O4S. The van der Waals surface area contributed by atoms with E-state index in [0.717, 1.165) is 48.0 Å². The van der Waals surface area contributed by atoms with Gasteiger partial charge in [0.2, 0.25) is 0 Å². The van der Waals surface area contributed by atoms with E-state index in [2.05, 4.69) is 53.5 Å². The van der Waals surface area contributed by atoms with E-state index in [1.165, 1.54) is 5.56 Å². The summed E-state index contributed by atoms with van der Waals surface area (Å²) in [4.78, 5) is 4.41. The third-order valence-electron chi connectivity index (χ3n) is 6.46. The van der Waals surface area contributed by atoms with E-state index < -0.39 is 17.0 Å². The summed E-state index contributed by atoms with van der Waals surface area (Å²) in [6.07, 6.45) is 3.60. The Hall–Kier alpha value is -2.20. The second kappa shape index (κ2) is 9.97. The van der Waals surface area contributed by atoms with Crippen molar-refractivity contribution in [1.29, 1.82) is 0 Å². The maximum absolute atomic E-state index is 12.4. The van der Waals surface area contributed by atoms with Crippen LogP contribution in [0.15, 0.2) is 60.8 Å². The summed E-state index contributed by atoms with van der Waals surface area (Å²) in [7, 11) is 3.70. The molecule has 2 aromatic carbocycles. The van der Waals surface area contributed by atoms with Gasteiger partial charge in [-0.3, -0.25) is 4.98 Å². The van der Waals surface area contributed by atoms with Gasteiger partial charge in [-0.05, 0) is 42.2 Å². The van der Waals surface area contributed by atoms with E-state index in [4.69, 9.17) is 9.47 Å². The lowest BCUT2D eigenvalue weighted by Crippen LogP contribution is -2.46. The average Bonchev–Trinajstić information content (AvgIpc) is 3.35. The number of rotatable bonds is 5. The molecule has 2 saturated heterocycles. The SMILES string of the molecule is CN(C)S(=O)N1CCC(C2(c3ccc(-c4ccc5ncccc5c4)cc3)OCCO2)CC1.O. The lowest BCUT2D eigenvalue weighted by molar-refractivity contribution is -0.212. The molecule has 2 aliphatic rings. The first-order valence-corrected chi connectivity index (χ1v) is 12.2. The van der Waals surface area contributed by atoms with Crippen molar-refractivity contribution in [3.05, 3.63) is 66.4 Å². The summed E-state index contributed by atoms with van der Waals surface area (Å²) in [5.74, 6) is -0.477. The van der Waals surface area contributed by atoms with Gasteiger partial charge in [-0.1, -0.05) is 36.4 Å². The zero-order valence-electron chi connectivity index (χ0n) is 19.1. The van der Waals surface area contributed by atoms with Crippen LogP contribution in [0.2, 0.25) is 0 Å². The third kappa shape index (κ3) is 4.59. The maximum atomic E-state index is 12.4. The van der Waals surface area contributed by atoms with Crippen molar-refractivity contribution in [3.8, 4) is 11.1 Å². The number of nitrogens with zero attached hydrogens (tertiary/aromatic N) is 3. The third-order valence-corrected chi connectivity index (χ3v) is 7.90. The molecule has 0 amide bonds. The highest BCUT2D eigenvalue weighted by Crippen LogP contribution is 2.44. The lowest BCUT2D eigenvalue weighted by Gasteiger charge is -2.41. The van der Waals surface area contributed by atoms with E-state index in [1.54, 1.807) is 4.31 Å². The molecule has 1 aromatic heterocycles. The highest BCUT2D eigenvalue weighted by molar-refractivity contribution is 7.80. The van der Waals surface area contributed by atoms with Gasteiger partial charge in [-0.2, -0.15) is 0 Å². The van der Waals surface area contributed by atoms with Crippen LogP contribution in [0.5, 0.6) is 0 Å². The number of piperidine rings is 1. The normalized spacial score (nSPS) is 20.1. The molecule has 3 aromatic rings. The quantitative estimate of drug-likeness (QED) is 0.575. The molecule has 3 heterocycles. The van der Waals surface area contributed by atoms with E-state index >= 15 is 0 Å². The summed E-state index contributed by atoms with van der Waals surface area (Å²) in [5, 5.41) is 1.13. The molecule has 33 heavy (non-hydrogen) atoms. The van der Waals surface area contributed by atoms with Crippen molar-refractivity contribution in [3.63, 3.8) is 0 Å².